The van der Waals surface area contributed by atoms with Crippen molar-refractivity contribution in [2.75, 3.05) is 0 Å². The van der Waals surface area contributed by atoms with Gasteiger partial charge in [-0.3, -0.25) is 4.68 Å². The zero-order valence-electron chi connectivity index (χ0n) is 7.12. The van der Waals surface area contributed by atoms with Gasteiger partial charge in [0, 0.05) is 27.3 Å². The van der Waals surface area contributed by atoms with Gasteiger partial charge in [-0.25, -0.2) is 0 Å². The van der Waals surface area contributed by atoms with E-state index < -0.39 is 0 Å². The molecule has 3 nitrogen and oxygen atoms in total. The van der Waals surface area contributed by atoms with E-state index in [0.717, 1.165) is 5.69 Å². The Morgan fingerprint density at radius 3 is 2.86 bits per heavy atom. The summed E-state index contributed by atoms with van der Waals surface area (Å²) in [5.41, 5.74) is 1.39. The van der Waals surface area contributed by atoms with Crippen LogP contribution in [0.1, 0.15) is 5.56 Å². The van der Waals surface area contributed by atoms with Crippen molar-refractivity contribution >= 4 is 0 Å². The molecule has 4 heteroatoms. The number of aromatic nitrogens is 2. The fraction of sp³-hybridized carbons (Fsp3) is 0. The number of rotatable bonds is 1. The van der Waals surface area contributed by atoms with Crippen LogP contribution < -0.4 is 0 Å². The predicted molar refractivity (Wildman–Crippen MR) is 47.1 cm³/mol. The van der Waals surface area contributed by atoms with E-state index in [9.17, 15) is 0 Å². The average Bonchev–Trinajstić information content (AvgIpc) is 2.67. The van der Waals surface area contributed by atoms with Crippen LogP contribution in [0.15, 0.2) is 36.7 Å². The molecule has 2 aromatic rings. The van der Waals surface area contributed by atoms with Gasteiger partial charge in [0.15, 0.2) is 0 Å². The maximum atomic E-state index is 8.58. The third-order valence-corrected chi connectivity index (χ3v) is 1.65. The number of hydrogen-bond donors (Lipinski definition) is 0. The van der Waals surface area contributed by atoms with E-state index in [0.29, 0.717) is 5.56 Å². The Bertz CT molecular complexity index is 442. The van der Waals surface area contributed by atoms with Crippen LogP contribution in [0, 0.1) is 17.4 Å². The standard InChI is InChI=1S/C10H6N3.Pt/c11-6-9-7-12-13(8-9)10-4-2-1-3-5-10;/h1-4,7-8H;/q-1;. The number of hydrogen-bond acceptors (Lipinski definition) is 2. The van der Waals surface area contributed by atoms with Crippen LogP contribution in [0.2, 0.25) is 0 Å². The second kappa shape index (κ2) is 4.74. The zero-order chi connectivity index (χ0) is 9.10. The first-order valence-corrected chi connectivity index (χ1v) is 3.82. The fourth-order valence-electron chi connectivity index (χ4n) is 1.04. The predicted octanol–water partition coefficient (Wildman–Crippen LogP) is 1.54. The maximum absolute atomic E-state index is 8.58. The molecule has 0 saturated carbocycles. The quantitative estimate of drug-likeness (QED) is 0.722. The molecule has 0 unspecified atom stereocenters. The normalized spacial score (nSPS) is 8.79. The van der Waals surface area contributed by atoms with Crippen molar-refractivity contribution < 1.29 is 21.1 Å². The molecule has 0 spiro atoms. The number of nitriles is 1. The van der Waals surface area contributed by atoms with E-state index in [1.54, 1.807) is 10.9 Å². The van der Waals surface area contributed by atoms with Gasteiger partial charge >= 0.3 is 0 Å². The number of benzene rings is 1. The van der Waals surface area contributed by atoms with Crippen LogP contribution in [0.3, 0.4) is 0 Å². The van der Waals surface area contributed by atoms with E-state index >= 15 is 0 Å². The van der Waals surface area contributed by atoms with Crippen molar-refractivity contribution in [2.45, 2.75) is 0 Å². The molecule has 0 saturated heterocycles. The summed E-state index contributed by atoms with van der Waals surface area (Å²) in [7, 11) is 0. The molecule has 14 heavy (non-hydrogen) atoms. The summed E-state index contributed by atoms with van der Waals surface area (Å²) in [5, 5.41) is 12.6. The molecule has 2 rings (SSSR count). The molecule has 0 aliphatic carbocycles. The first-order valence-electron chi connectivity index (χ1n) is 3.82. The Hall–Kier alpha value is -1.39. The second-order valence-electron chi connectivity index (χ2n) is 2.53. The minimum atomic E-state index is 0. The summed E-state index contributed by atoms with van der Waals surface area (Å²) in [6.45, 7) is 0. The minimum Gasteiger partial charge on any atom is -0.264 e. The van der Waals surface area contributed by atoms with Crippen molar-refractivity contribution in [3.63, 3.8) is 0 Å². The summed E-state index contributed by atoms with van der Waals surface area (Å²) in [6, 6.07) is 12.5. The minimum absolute atomic E-state index is 0. The van der Waals surface area contributed by atoms with Crippen molar-refractivity contribution in [3.8, 4) is 11.8 Å². The molecule has 1 heterocycles. The third-order valence-electron chi connectivity index (χ3n) is 1.65. The Morgan fingerprint density at radius 1 is 1.43 bits per heavy atom. The molecule has 0 N–H and O–H groups in total. The summed E-state index contributed by atoms with van der Waals surface area (Å²) in [5.74, 6) is 0. The van der Waals surface area contributed by atoms with Gasteiger partial charge in [0.05, 0.1) is 11.8 Å². The molecule has 0 amide bonds. The van der Waals surface area contributed by atoms with Gasteiger partial charge in [-0.1, -0.05) is 0 Å². The van der Waals surface area contributed by atoms with Crippen molar-refractivity contribution in [1.29, 1.82) is 5.26 Å². The van der Waals surface area contributed by atoms with Crippen LogP contribution in [0.5, 0.6) is 0 Å². The van der Waals surface area contributed by atoms with E-state index in [1.165, 1.54) is 6.20 Å². The van der Waals surface area contributed by atoms with Gasteiger partial charge in [-0.2, -0.15) is 34.6 Å². The maximum Gasteiger partial charge on any atom is 0.102 e. The summed E-state index contributed by atoms with van der Waals surface area (Å²) in [4.78, 5) is 0. The molecule has 1 aromatic heterocycles. The van der Waals surface area contributed by atoms with Crippen molar-refractivity contribution in [1.82, 2.24) is 9.78 Å². The molecular formula is C10H6N3Pt-. The molecule has 0 radical (unpaired) electrons. The van der Waals surface area contributed by atoms with E-state index in [2.05, 4.69) is 11.2 Å². The van der Waals surface area contributed by atoms with E-state index in [-0.39, 0.29) is 21.1 Å². The largest absolute Gasteiger partial charge is 0.264 e. The average molecular weight is 363 g/mol. The van der Waals surface area contributed by atoms with E-state index in [4.69, 9.17) is 5.26 Å². The zero-order valence-corrected chi connectivity index (χ0v) is 9.39. The van der Waals surface area contributed by atoms with Crippen LogP contribution in [0.25, 0.3) is 5.69 Å². The fourth-order valence-corrected chi connectivity index (χ4v) is 1.04. The van der Waals surface area contributed by atoms with Gasteiger partial charge in [0.1, 0.15) is 6.07 Å². The summed E-state index contributed by atoms with van der Waals surface area (Å²) in [6.07, 6.45) is 3.20. The topological polar surface area (TPSA) is 41.6 Å². The molecule has 0 aliphatic heterocycles. The van der Waals surface area contributed by atoms with Crippen LogP contribution in [0.4, 0.5) is 0 Å². The Kier molecular flexibility index (Phi) is 3.62. The van der Waals surface area contributed by atoms with Gasteiger partial charge < -0.3 is 0 Å². The van der Waals surface area contributed by atoms with Crippen LogP contribution in [-0.4, -0.2) is 9.78 Å². The smallest absolute Gasteiger partial charge is 0.102 e. The second-order valence-corrected chi connectivity index (χ2v) is 2.53. The molecule has 1 aromatic carbocycles. The monoisotopic (exact) mass is 363 g/mol. The van der Waals surface area contributed by atoms with Gasteiger partial charge in [-0.05, 0) is 5.69 Å². The van der Waals surface area contributed by atoms with Crippen LogP contribution >= 0.6 is 0 Å². The molecule has 0 aliphatic rings. The van der Waals surface area contributed by atoms with Crippen molar-refractivity contribution in [2.24, 2.45) is 0 Å². The molecular weight excluding hydrogens is 357 g/mol. The summed E-state index contributed by atoms with van der Waals surface area (Å²) >= 11 is 0. The van der Waals surface area contributed by atoms with Gasteiger partial charge in [0.25, 0.3) is 0 Å². The molecule has 0 bridgehead atoms. The Balaban J connectivity index is 0.000000980. The molecule has 72 valence electrons. The first kappa shape index (κ1) is 10.7. The van der Waals surface area contributed by atoms with E-state index in [1.807, 2.05) is 30.3 Å². The SMILES string of the molecule is N#Cc1cnn(-c2[c-]cccc2)c1.[Pt]. The number of para-hydroxylation sites is 1. The Labute approximate surface area is 96.2 Å². The Morgan fingerprint density at radius 2 is 2.29 bits per heavy atom. The summed E-state index contributed by atoms with van der Waals surface area (Å²) < 4.78 is 1.62. The van der Waals surface area contributed by atoms with Gasteiger partial charge in [0.2, 0.25) is 0 Å². The third kappa shape index (κ3) is 2.10. The number of nitrogens with zero attached hydrogens (tertiary/aromatic N) is 3. The van der Waals surface area contributed by atoms with Crippen LogP contribution in [-0.2, 0) is 21.1 Å². The van der Waals surface area contributed by atoms with Crippen molar-refractivity contribution in [3.05, 3.63) is 48.3 Å². The molecule has 0 atom stereocenters. The van der Waals surface area contributed by atoms with Gasteiger partial charge in [-0.15, -0.1) is 6.07 Å². The molecule has 0 fully saturated rings. The first-order chi connectivity index (χ1) is 6.40.